The predicted molar refractivity (Wildman–Crippen MR) is 78.3 cm³/mol. The summed E-state index contributed by atoms with van der Waals surface area (Å²) in [5.41, 5.74) is 1.86. The van der Waals surface area contributed by atoms with Gasteiger partial charge in [-0.05, 0) is 39.3 Å². The molecule has 1 saturated heterocycles. The first-order chi connectivity index (χ1) is 8.38. The van der Waals surface area contributed by atoms with Crippen LogP contribution in [0.2, 0.25) is 0 Å². The lowest BCUT2D eigenvalue weighted by Crippen LogP contribution is -2.31. The van der Waals surface area contributed by atoms with Gasteiger partial charge in [-0.3, -0.25) is 14.7 Å². The number of thioether (sulfide) groups is 1. The molecule has 18 heavy (non-hydrogen) atoms. The average Bonchev–Trinajstić information content (AvgIpc) is 2.59. The minimum absolute atomic E-state index is 0.109. The molecule has 0 N–H and O–H groups in total. The lowest BCUT2D eigenvalue weighted by Gasteiger charge is -2.21. The molecule has 1 fully saturated rings. The Hall–Kier alpha value is -1.29. The molecule has 0 aliphatic carbocycles. The van der Waals surface area contributed by atoms with Crippen LogP contribution in [0.1, 0.15) is 26.3 Å². The van der Waals surface area contributed by atoms with Gasteiger partial charge in [-0.15, -0.1) is 0 Å². The van der Waals surface area contributed by atoms with E-state index in [0.29, 0.717) is 5.75 Å². The summed E-state index contributed by atoms with van der Waals surface area (Å²) in [6.45, 7) is 8.14. The fourth-order valence-corrected chi connectivity index (χ4v) is 2.83. The van der Waals surface area contributed by atoms with Crippen molar-refractivity contribution in [1.29, 1.82) is 0 Å². The Bertz CT molecular complexity index is 503. The third kappa shape index (κ3) is 2.75. The second kappa shape index (κ2) is 4.76. The Morgan fingerprint density at radius 1 is 1.28 bits per heavy atom. The van der Waals surface area contributed by atoms with Gasteiger partial charge in [0.05, 0.1) is 17.0 Å². The van der Waals surface area contributed by atoms with Gasteiger partial charge in [0, 0.05) is 0 Å². The van der Waals surface area contributed by atoms with E-state index < -0.39 is 0 Å². The van der Waals surface area contributed by atoms with E-state index in [9.17, 15) is 4.79 Å². The number of amidine groups is 1. The molecule has 0 unspecified atom stereocenters. The first-order valence-electron chi connectivity index (χ1n) is 6.00. The number of para-hydroxylation sites is 1. The molecule has 1 aromatic carbocycles. The standard InChI is InChI=1S/C14H18N2OS/c1-10-7-5-6-8-11(10)16-12(17)9-18-13(16)15-14(2,3)4/h5-8H,9H2,1-4H3. The Morgan fingerprint density at radius 3 is 2.56 bits per heavy atom. The number of aryl methyl sites for hydroxylation is 1. The van der Waals surface area contributed by atoms with Crippen LogP contribution in [0.25, 0.3) is 0 Å². The summed E-state index contributed by atoms with van der Waals surface area (Å²) in [5, 5.41) is 0.807. The molecular weight excluding hydrogens is 244 g/mol. The zero-order chi connectivity index (χ0) is 13.3. The maximum absolute atomic E-state index is 12.0. The monoisotopic (exact) mass is 262 g/mol. The van der Waals surface area contributed by atoms with Gasteiger partial charge in [0.25, 0.3) is 0 Å². The van der Waals surface area contributed by atoms with Crippen molar-refractivity contribution in [3.8, 4) is 0 Å². The molecule has 1 amide bonds. The number of nitrogens with zero attached hydrogens (tertiary/aromatic N) is 2. The highest BCUT2D eigenvalue weighted by Gasteiger charge is 2.31. The van der Waals surface area contributed by atoms with Crippen LogP contribution < -0.4 is 4.90 Å². The smallest absolute Gasteiger partial charge is 0.243 e. The van der Waals surface area contributed by atoms with E-state index in [-0.39, 0.29) is 11.4 Å². The van der Waals surface area contributed by atoms with Crippen molar-refractivity contribution in [2.75, 3.05) is 10.7 Å². The largest absolute Gasteiger partial charge is 0.273 e. The van der Waals surface area contributed by atoms with Crippen molar-refractivity contribution in [3.63, 3.8) is 0 Å². The molecule has 96 valence electrons. The van der Waals surface area contributed by atoms with E-state index in [0.717, 1.165) is 16.4 Å². The van der Waals surface area contributed by atoms with Crippen molar-refractivity contribution in [3.05, 3.63) is 29.8 Å². The maximum atomic E-state index is 12.0. The molecule has 0 spiro atoms. The fraction of sp³-hybridized carbons (Fsp3) is 0.429. The number of carbonyl (C=O) groups excluding carboxylic acids is 1. The SMILES string of the molecule is Cc1ccccc1N1C(=O)CSC1=NC(C)(C)C. The van der Waals surface area contributed by atoms with Gasteiger partial charge in [-0.25, -0.2) is 0 Å². The number of carbonyl (C=O) groups is 1. The lowest BCUT2D eigenvalue weighted by atomic mass is 10.1. The van der Waals surface area contributed by atoms with E-state index in [2.05, 4.69) is 4.99 Å². The molecule has 1 aromatic rings. The molecule has 0 saturated carbocycles. The van der Waals surface area contributed by atoms with E-state index in [1.54, 1.807) is 4.90 Å². The zero-order valence-corrected chi connectivity index (χ0v) is 12.0. The zero-order valence-electron chi connectivity index (χ0n) is 11.2. The van der Waals surface area contributed by atoms with E-state index in [1.165, 1.54) is 11.8 Å². The highest BCUT2D eigenvalue weighted by atomic mass is 32.2. The van der Waals surface area contributed by atoms with Gasteiger partial charge in [0.1, 0.15) is 0 Å². The third-order valence-electron chi connectivity index (χ3n) is 2.55. The Morgan fingerprint density at radius 2 is 1.94 bits per heavy atom. The molecule has 1 heterocycles. The number of anilines is 1. The molecule has 0 radical (unpaired) electrons. The topological polar surface area (TPSA) is 32.7 Å². The fourth-order valence-electron chi connectivity index (χ4n) is 1.78. The number of rotatable bonds is 1. The van der Waals surface area contributed by atoms with Crippen LogP contribution in [0.15, 0.2) is 29.3 Å². The van der Waals surface area contributed by atoms with Gasteiger partial charge in [0.2, 0.25) is 5.91 Å². The minimum atomic E-state index is -0.173. The lowest BCUT2D eigenvalue weighted by molar-refractivity contribution is -0.115. The van der Waals surface area contributed by atoms with Crippen molar-refractivity contribution in [2.45, 2.75) is 33.2 Å². The number of hydrogen-bond donors (Lipinski definition) is 0. The first-order valence-corrected chi connectivity index (χ1v) is 6.98. The number of aliphatic imine (C=N–C) groups is 1. The van der Waals surface area contributed by atoms with Crippen LogP contribution in [0, 0.1) is 6.92 Å². The van der Waals surface area contributed by atoms with Crippen LogP contribution in [-0.2, 0) is 4.79 Å². The van der Waals surface area contributed by atoms with E-state index >= 15 is 0 Å². The summed E-state index contributed by atoms with van der Waals surface area (Å²) >= 11 is 1.52. The summed E-state index contributed by atoms with van der Waals surface area (Å²) < 4.78 is 0. The third-order valence-corrected chi connectivity index (χ3v) is 3.48. The normalized spacial score (nSPS) is 18.8. The van der Waals surface area contributed by atoms with Gasteiger partial charge < -0.3 is 0 Å². The number of hydrogen-bond acceptors (Lipinski definition) is 3. The molecule has 3 nitrogen and oxygen atoms in total. The quantitative estimate of drug-likeness (QED) is 0.778. The molecule has 1 aliphatic rings. The molecule has 0 aromatic heterocycles. The Kier molecular flexibility index (Phi) is 3.48. The predicted octanol–water partition coefficient (Wildman–Crippen LogP) is 3.23. The van der Waals surface area contributed by atoms with Crippen LogP contribution in [0.4, 0.5) is 5.69 Å². The summed E-state index contributed by atoms with van der Waals surface area (Å²) in [6.07, 6.45) is 0. The Balaban J connectivity index is 2.44. The molecule has 4 heteroatoms. The highest BCUT2D eigenvalue weighted by molar-refractivity contribution is 8.15. The summed E-state index contributed by atoms with van der Waals surface area (Å²) in [7, 11) is 0. The second-order valence-electron chi connectivity index (χ2n) is 5.37. The van der Waals surface area contributed by atoms with Crippen LogP contribution in [0.5, 0.6) is 0 Å². The van der Waals surface area contributed by atoms with Crippen LogP contribution >= 0.6 is 11.8 Å². The van der Waals surface area contributed by atoms with Crippen molar-refractivity contribution < 1.29 is 4.79 Å². The van der Waals surface area contributed by atoms with Gasteiger partial charge in [-0.1, -0.05) is 30.0 Å². The minimum Gasteiger partial charge on any atom is -0.273 e. The average molecular weight is 262 g/mol. The summed E-state index contributed by atoms with van der Waals surface area (Å²) in [4.78, 5) is 18.4. The first kappa shape index (κ1) is 13.1. The van der Waals surface area contributed by atoms with Crippen molar-refractivity contribution >= 4 is 28.5 Å². The summed E-state index contributed by atoms with van der Waals surface area (Å²) in [5.74, 6) is 0.584. The van der Waals surface area contributed by atoms with E-state index in [4.69, 9.17) is 0 Å². The molecule has 1 aliphatic heterocycles. The Labute approximate surface area is 112 Å². The molecule has 0 atom stereocenters. The van der Waals surface area contributed by atoms with Crippen LogP contribution in [0.3, 0.4) is 0 Å². The molecular formula is C14H18N2OS. The van der Waals surface area contributed by atoms with Gasteiger partial charge >= 0.3 is 0 Å². The summed E-state index contributed by atoms with van der Waals surface area (Å²) in [6, 6.07) is 7.91. The van der Waals surface area contributed by atoms with Gasteiger partial charge in [-0.2, -0.15) is 0 Å². The maximum Gasteiger partial charge on any atom is 0.243 e. The van der Waals surface area contributed by atoms with E-state index in [1.807, 2.05) is 52.0 Å². The highest BCUT2D eigenvalue weighted by Crippen LogP contribution is 2.30. The van der Waals surface area contributed by atoms with Crippen molar-refractivity contribution in [1.82, 2.24) is 0 Å². The van der Waals surface area contributed by atoms with Crippen molar-refractivity contribution in [2.24, 2.45) is 4.99 Å². The molecule has 0 bridgehead atoms. The van der Waals surface area contributed by atoms with Gasteiger partial charge in [0.15, 0.2) is 5.17 Å². The number of amides is 1. The second-order valence-corrected chi connectivity index (χ2v) is 6.31. The van der Waals surface area contributed by atoms with Crippen LogP contribution in [-0.4, -0.2) is 22.4 Å². The number of benzene rings is 1. The molecule has 2 rings (SSSR count).